The lowest BCUT2D eigenvalue weighted by Gasteiger charge is -2.31. The second-order valence-electron chi connectivity index (χ2n) is 3.89. The van der Waals surface area contributed by atoms with E-state index in [9.17, 15) is 8.42 Å². The number of nitrogens with one attached hydrogen (secondary N) is 1. The average Bonchev–Trinajstić information content (AvgIpc) is 2.46. The van der Waals surface area contributed by atoms with Gasteiger partial charge in [0.25, 0.3) is 0 Å². The normalized spacial score (nSPS) is 40.3. The molecule has 1 N–H and O–H groups in total. The zero-order valence-corrected chi connectivity index (χ0v) is 7.99. The predicted molar refractivity (Wildman–Crippen MR) is 47.9 cm³/mol. The molecule has 0 unspecified atom stereocenters. The minimum atomic E-state index is -2.79. The van der Waals surface area contributed by atoms with E-state index < -0.39 is 9.84 Å². The van der Waals surface area contributed by atoms with Gasteiger partial charge in [-0.25, -0.2) is 8.42 Å². The van der Waals surface area contributed by atoms with Crippen LogP contribution in [0, 0.1) is 0 Å². The zero-order valence-electron chi connectivity index (χ0n) is 7.17. The quantitative estimate of drug-likeness (QED) is 0.597. The zero-order chi connectivity index (χ0) is 8.66. The first-order chi connectivity index (χ1) is 5.66. The van der Waals surface area contributed by atoms with Crippen molar-refractivity contribution in [3.63, 3.8) is 0 Å². The fourth-order valence-corrected chi connectivity index (χ4v) is 4.52. The molecule has 0 aromatic carbocycles. The lowest BCUT2D eigenvalue weighted by atomic mass is 10.00. The third kappa shape index (κ3) is 1.09. The molecule has 2 aliphatic rings. The van der Waals surface area contributed by atoms with Crippen molar-refractivity contribution in [2.75, 3.05) is 18.8 Å². The Hall–Kier alpha value is -0.0900. The fourth-order valence-electron chi connectivity index (χ4n) is 2.31. The Kier molecular flexibility index (Phi) is 1.92. The number of hydrogen-bond donors (Lipinski definition) is 1. The number of sulfone groups is 1. The van der Waals surface area contributed by atoms with Gasteiger partial charge in [-0.3, -0.25) is 0 Å². The Morgan fingerprint density at radius 2 is 2.00 bits per heavy atom. The van der Waals surface area contributed by atoms with Crippen LogP contribution in [0.3, 0.4) is 0 Å². The molecule has 70 valence electrons. The second kappa shape index (κ2) is 2.70. The van der Waals surface area contributed by atoms with Crippen LogP contribution in [0.25, 0.3) is 0 Å². The second-order valence-corrected chi connectivity index (χ2v) is 6.39. The number of rotatable bonds is 0. The summed E-state index contributed by atoms with van der Waals surface area (Å²) in [6.07, 6.45) is 3.66. The standard InChI is InChI=1S/C8H15NO2S/c10-12(11)6-2-1-3-8(12)4-5-9-7-8/h9H,1-7H2/t8-/m0/s1. The topological polar surface area (TPSA) is 46.2 Å². The maximum atomic E-state index is 11.8. The van der Waals surface area contributed by atoms with E-state index in [0.29, 0.717) is 12.3 Å². The van der Waals surface area contributed by atoms with Crippen LogP contribution in [0.4, 0.5) is 0 Å². The van der Waals surface area contributed by atoms with Gasteiger partial charge in [0.2, 0.25) is 0 Å². The van der Waals surface area contributed by atoms with Crippen molar-refractivity contribution in [2.24, 2.45) is 0 Å². The van der Waals surface area contributed by atoms with Crippen LogP contribution in [0.5, 0.6) is 0 Å². The van der Waals surface area contributed by atoms with Crippen LogP contribution < -0.4 is 5.32 Å². The molecule has 0 bridgehead atoms. The molecule has 0 radical (unpaired) electrons. The van der Waals surface area contributed by atoms with Gasteiger partial charge >= 0.3 is 0 Å². The van der Waals surface area contributed by atoms with Crippen molar-refractivity contribution < 1.29 is 8.42 Å². The fraction of sp³-hybridized carbons (Fsp3) is 1.00. The minimum Gasteiger partial charge on any atom is -0.315 e. The van der Waals surface area contributed by atoms with Crippen LogP contribution in [-0.2, 0) is 9.84 Å². The SMILES string of the molecule is O=S1(=O)CCCC[C@@]12CCNC2. The molecule has 4 heteroatoms. The van der Waals surface area contributed by atoms with Gasteiger partial charge < -0.3 is 5.32 Å². The van der Waals surface area contributed by atoms with Gasteiger partial charge in [-0.1, -0.05) is 6.42 Å². The number of hydrogen-bond acceptors (Lipinski definition) is 3. The molecule has 0 aliphatic carbocycles. The Morgan fingerprint density at radius 3 is 2.58 bits per heavy atom. The van der Waals surface area contributed by atoms with Crippen molar-refractivity contribution in [1.29, 1.82) is 0 Å². The third-order valence-electron chi connectivity index (χ3n) is 3.16. The first-order valence-corrected chi connectivity index (χ1v) is 6.25. The van der Waals surface area contributed by atoms with Crippen molar-refractivity contribution in [3.8, 4) is 0 Å². The summed E-state index contributed by atoms with van der Waals surface area (Å²) in [7, 11) is -2.79. The highest BCUT2D eigenvalue weighted by Crippen LogP contribution is 2.35. The van der Waals surface area contributed by atoms with Gasteiger partial charge in [0.05, 0.1) is 10.5 Å². The molecule has 0 aromatic heterocycles. The summed E-state index contributed by atoms with van der Waals surface area (Å²) in [5.74, 6) is 0.411. The third-order valence-corrected chi connectivity index (χ3v) is 5.86. The summed E-state index contributed by atoms with van der Waals surface area (Å²) in [4.78, 5) is 0. The van der Waals surface area contributed by atoms with E-state index in [0.717, 1.165) is 32.2 Å². The first kappa shape index (κ1) is 8.51. The highest BCUT2D eigenvalue weighted by Gasteiger charge is 2.46. The molecule has 1 atom stereocenters. The lowest BCUT2D eigenvalue weighted by molar-refractivity contribution is 0.463. The van der Waals surface area contributed by atoms with E-state index in [-0.39, 0.29) is 4.75 Å². The highest BCUT2D eigenvalue weighted by molar-refractivity contribution is 7.92. The molecular formula is C8H15NO2S. The molecule has 0 saturated carbocycles. The van der Waals surface area contributed by atoms with Crippen molar-refractivity contribution in [3.05, 3.63) is 0 Å². The van der Waals surface area contributed by atoms with Crippen molar-refractivity contribution in [2.45, 2.75) is 30.4 Å². The highest BCUT2D eigenvalue weighted by atomic mass is 32.2. The first-order valence-electron chi connectivity index (χ1n) is 4.59. The molecule has 2 saturated heterocycles. The molecule has 1 spiro atoms. The maximum Gasteiger partial charge on any atom is 0.157 e. The minimum absolute atomic E-state index is 0.370. The Morgan fingerprint density at radius 1 is 1.17 bits per heavy atom. The molecule has 2 rings (SSSR count). The molecule has 3 nitrogen and oxygen atoms in total. The molecule has 2 aliphatic heterocycles. The van der Waals surface area contributed by atoms with E-state index in [2.05, 4.69) is 5.32 Å². The summed E-state index contributed by atoms with van der Waals surface area (Å²) in [6.45, 7) is 1.56. The maximum absolute atomic E-state index is 11.8. The van der Waals surface area contributed by atoms with Crippen LogP contribution >= 0.6 is 0 Å². The smallest absolute Gasteiger partial charge is 0.157 e. The van der Waals surface area contributed by atoms with E-state index in [1.807, 2.05) is 0 Å². The molecule has 12 heavy (non-hydrogen) atoms. The van der Waals surface area contributed by atoms with E-state index in [1.54, 1.807) is 0 Å². The Labute approximate surface area is 73.5 Å². The Balaban J connectivity index is 2.32. The summed E-state index contributed by atoms with van der Waals surface area (Å²) in [5.41, 5.74) is 0. The summed E-state index contributed by atoms with van der Waals surface area (Å²) in [5, 5.41) is 3.16. The van der Waals surface area contributed by atoms with Crippen molar-refractivity contribution >= 4 is 9.84 Å². The molecule has 0 aromatic rings. The lowest BCUT2D eigenvalue weighted by Crippen LogP contribution is -2.44. The van der Waals surface area contributed by atoms with Crippen LogP contribution in [0.15, 0.2) is 0 Å². The predicted octanol–water partition coefficient (Wildman–Crippen LogP) is 0.317. The van der Waals surface area contributed by atoms with Crippen molar-refractivity contribution in [1.82, 2.24) is 5.32 Å². The summed E-state index contributed by atoms with van der Waals surface area (Å²) >= 11 is 0. The van der Waals surface area contributed by atoms with E-state index >= 15 is 0 Å². The molecule has 2 heterocycles. The van der Waals surface area contributed by atoms with Gasteiger partial charge in [0, 0.05) is 6.54 Å². The molecule has 0 amide bonds. The van der Waals surface area contributed by atoms with E-state index in [1.165, 1.54) is 0 Å². The monoisotopic (exact) mass is 189 g/mol. The largest absolute Gasteiger partial charge is 0.315 e. The van der Waals surface area contributed by atoms with Gasteiger partial charge in [0.15, 0.2) is 9.84 Å². The summed E-state index contributed by atoms with van der Waals surface area (Å²) < 4.78 is 23.2. The molecular weight excluding hydrogens is 174 g/mol. The van der Waals surface area contributed by atoms with Gasteiger partial charge in [0.1, 0.15) is 0 Å². The molecule has 2 fully saturated rings. The van der Waals surface area contributed by atoms with Gasteiger partial charge in [-0.15, -0.1) is 0 Å². The van der Waals surface area contributed by atoms with E-state index in [4.69, 9.17) is 0 Å². The van der Waals surface area contributed by atoms with Crippen LogP contribution in [0.1, 0.15) is 25.7 Å². The summed E-state index contributed by atoms with van der Waals surface area (Å²) in [6, 6.07) is 0. The van der Waals surface area contributed by atoms with Crippen LogP contribution in [0.2, 0.25) is 0 Å². The Bertz CT molecular complexity index is 265. The van der Waals surface area contributed by atoms with Gasteiger partial charge in [-0.05, 0) is 25.8 Å². The van der Waals surface area contributed by atoms with Gasteiger partial charge in [-0.2, -0.15) is 0 Å². The average molecular weight is 189 g/mol. The van der Waals surface area contributed by atoms with Crippen LogP contribution in [-0.4, -0.2) is 32.0 Å².